The van der Waals surface area contributed by atoms with Crippen molar-refractivity contribution in [3.63, 3.8) is 0 Å². The van der Waals surface area contributed by atoms with E-state index in [9.17, 15) is 0 Å². The highest BCUT2D eigenvalue weighted by molar-refractivity contribution is 5.35. The van der Waals surface area contributed by atoms with E-state index in [-0.39, 0.29) is 0 Å². The molecular weight excluding hydrogens is 196 g/mol. The van der Waals surface area contributed by atoms with Crippen molar-refractivity contribution in [3.8, 4) is 0 Å². The summed E-state index contributed by atoms with van der Waals surface area (Å²) in [6.45, 7) is 7.77. The zero-order valence-electron chi connectivity index (χ0n) is 10.5. The predicted octanol–water partition coefficient (Wildman–Crippen LogP) is 3.48. The second-order valence-electron chi connectivity index (χ2n) is 5.39. The van der Waals surface area contributed by atoms with Gasteiger partial charge in [0.2, 0.25) is 0 Å². The van der Waals surface area contributed by atoms with Gasteiger partial charge in [-0.2, -0.15) is 0 Å². The Balaban J connectivity index is 1.73. The molecule has 2 nitrogen and oxygen atoms in total. The predicted molar refractivity (Wildman–Crippen MR) is 68.5 cm³/mol. The molecular formula is C14H22N2. The average Bonchev–Trinajstić information content (AvgIpc) is 2.14. The molecule has 0 bridgehead atoms. The molecule has 1 N–H and O–H groups in total. The van der Waals surface area contributed by atoms with Crippen LogP contribution in [0.4, 0.5) is 5.82 Å². The maximum absolute atomic E-state index is 4.45. The van der Waals surface area contributed by atoms with E-state index in [0.717, 1.165) is 35.8 Å². The van der Waals surface area contributed by atoms with Crippen molar-refractivity contribution in [2.75, 3.05) is 11.9 Å². The summed E-state index contributed by atoms with van der Waals surface area (Å²) in [5.74, 6) is 3.69. The molecule has 88 valence electrons. The molecule has 1 saturated carbocycles. The van der Waals surface area contributed by atoms with E-state index in [1.807, 2.05) is 19.1 Å². The van der Waals surface area contributed by atoms with Gasteiger partial charge in [-0.05, 0) is 49.7 Å². The van der Waals surface area contributed by atoms with Crippen molar-refractivity contribution in [1.29, 1.82) is 0 Å². The van der Waals surface area contributed by atoms with Gasteiger partial charge in [-0.15, -0.1) is 0 Å². The standard InChI is InChI=1S/C14H22N2/c1-10(2)13-7-12(8-13)9-15-14-6-4-5-11(3)16-14/h4-6,10,12-13H,7-9H2,1-3H3,(H,15,16)/t12-,13+. The number of pyridine rings is 1. The van der Waals surface area contributed by atoms with Crippen LogP contribution in [0.1, 0.15) is 32.4 Å². The van der Waals surface area contributed by atoms with Gasteiger partial charge < -0.3 is 5.32 Å². The minimum atomic E-state index is 0.855. The van der Waals surface area contributed by atoms with Crippen LogP contribution < -0.4 is 5.32 Å². The summed E-state index contributed by atoms with van der Waals surface area (Å²) >= 11 is 0. The Morgan fingerprint density at radius 2 is 2.12 bits per heavy atom. The van der Waals surface area contributed by atoms with E-state index in [0.29, 0.717) is 0 Å². The van der Waals surface area contributed by atoms with E-state index < -0.39 is 0 Å². The van der Waals surface area contributed by atoms with Gasteiger partial charge in [-0.1, -0.05) is 19.9 Å². The molecule has 0 aliphatic heterocycles. The highest BCUT2D eigenvalue weighted by atomic mass is 15.0. The van der Waals surface area contributed by atoms with Crippen LogP contribution in [0.3, 0.4) is 0 Å². The number of hydrogen-bond acceptors (Lipinski definition) is 2. The van der Waals surface area contributed by atoms with Crippen LogP contribution in [0.25, 0.3) is 0 Å². The Bertz CT molecular complexity index is 340. The summed E-state index contributed by atoms with van der Waals surface area (Å²) in [7, 11) is 0. The van der Waals surface area contributed by atoms with E-state index in [1.54, 1.807) is 0 Å². The van der Waals surface area contributed by atoms with Crippen LogP contribution in [0.2, 0.25) is 0 Å². The SMILES string of the molecule is Cc1cccc(NC[C@H]2C[C@@H](C(C)C)C2)n1. The lowest BCUT2D eigenvalue weighted by atomic mass is 9.69. The van der Waals surface area contributed by atoms with Crippen molar-refractivity contribution in [1.82, 2.24) is 4.98 Å². The smallest absolute Gasteiger partial charge is 0.126 e. The third kappa shape index (κ3) is 2.75. The summed E-state index contributed by atoms with van der Waals surface area (Å²) in [5, 5.41) is 3.44. The van der Waals surface area contributed by atoms with Gasteiger partial charge in [0.05, 0.1) is 0 Å². The van der Waals surface area contributed by atoms with Gasteiger partial charge in [0.25, 0.3) is 0 Å². The molecule has 1 aliphatic rings. The summed E-state index contributed by atoms with van der Waals surface area (Å²) in [5.41, 5.74) is 1.08. The van der Waals surface area contributed by atoms with Gasteiger partial charge in [0.15, 0.2) is 0 Å². The lowest BCUT2D eigenvalue weighted by Gasteiger charge is -2.38. The lowest BCUT2D eigenvalue weighted by Crippen LogP contribution is -2.32. The van der Waals surface area contributed by atoms with Gasteiger partial charge in [-0.25, -0.2) is 4.98 Å². The highest BCUT2D eigenvalue weighted by Gasteiger charge is 2.30. The summed E-state index contributed by atoms with van der Waals surface area (Å²) in [6, 6.07) is 6.14. The number of nitrogens with zero attached hydrogens (tertiary/aromatic N) is 1. The number of nitrogens with one attached hydrogen (secondary N) is 1. The molecule has 1 aromatic rings. The number of anilines is 1. The van der Waals surface area contributed by atoms with Crippen molar-refractivity contribution in [3.05, 3.63) is 23.9 Å². The Morgan fingerprint density at radius 3 is 2.75 bits per heavy atom. The van der Waals surface area contributed by atoms with Gasteiger partial charge >= 0.3 is 0 Å². The lowest BCUT2D eigenvalue weighted by molar-refractivity contribution is 0.151. The fourth-order valence-corrected chi connectivity index (χ4v) is 2.39. The molecule has 0 unspecified atom stereocenters. The van der Waals surface area contributed by atoms with Crippen LogP contribution in [0, 0.1) is 24.7 Å². The molecule has 0 saturated heterocycles. The van der Waals surface area contributed by atoms with E-state index in [2.05, 4.69) is 30.2 Å². The first-order valence-electron chi connectivity index (χ1n) is 6.32. The first kappa shape index (κ1) is 11.4. The number of hydrogen-bond donors (Lipinski definition) is 1. The maximum Gasteiger partial charge on any atom is 0.126 e. The third-order valence-electron chi connectivity index (χ3n) is 3.68. The Labute approximate surface area is 98.5 Å². The first-order chi connectivity index (χ1) is 7.65. The normalized spacial score (nSPS) is 24.2. The zero-order chi connectivity index (χ0) is 11.5. The topological polar surface area (TPSA) is 24.9 Å². The molecule has 0 radical (unpaired) electrons. The van der Waals surface area contributed by atoms with Crippen LogP contribution in [0.5, 0.6) is 0 Å². The zero-order valence-corrected chi connectivity index (χ0v) is 10.5. The Kier molecular flexibility index (Phi) is 3.47. The molecule has 0 aromatic carbocycles. The minimum Gasteiger partial charge on any atom is -0.370 e. The van der Waals surface area contributed by atoms with Gasteiger partial charge in [-0.3, -0.25) is 0 Å². The average molecular weight is 218 g/mol. The molecule has 0 spiro atoms. The number of aromatic nitrogens is 1. The van der Waals surface area contributed by atoms with Crippen molar-refractivity contribution in [2.45, 2.75) is 33.6 Å². The van der Waals surface area contributed by atoms with E-state index in [4.69, 9.17) is 0 Å². The van der Waals surface area contributed by atoms with Gasteiger partial charge in [0.1, 0.15) is 5.82 Å². The molecule has 1 fully saturated rings. The molecule has 0 atom stereocenters. The fraction of sp³-hybridized carbons (Fsp3) is 0.643. The van der Waals surface area contributed by atoms with Crippen LogP contribution >= 0.6 is 0 Å². The largest absolute Gasteiger partial charge is 0.370 e. The second-order valence-corrected chi connectivity index (χ2v) is 5.39. The van der Waals surface area contributed by atoms with E-state index in [1.165, 1.54) is 12.8 Å². The minimum absolute atomic E-state index is 0.855. The third-order valence-corrected chi connectivity index (χ3v) is 3.68. The number of rotatable bonds is 4. The molecule has 1 aromatic heterocycles. The fourth-order valence-electron chi connectivity index (χ4n) is 2.39. The number of aryl methyl sites for hydroxylation is 1. The van der Waals surface area contributed by atoms with Crippen LogP contribution in [-0.2, 0) is 0 Å². The molecule has 16 heavy (non-hydrogen) atoms. The maximum atomic E-state index is 4.45. The Morgan fingerprint density at radius 1 is 1.38 bits per heavy atom. The molecule has 2 heteroatoms. The summed E-state index contributed by atoms with van der Waals surface area (Å²) in [6.07, 6.45) is 2.77. The first-order valence-corrected chi connectivity index (χ1v) is 6.32. The molecule has 0 amide bonds. The molecule has 1 aliphatic carbocycles. The van der Waals surface area contributed by atoms with Crippen molar-refractivity contribution >= 4 is 5.82 Å². The molecule has 1 heterocycles. The highest BCUT2D eigenvalue weighted by Crippen LogP contribution is 2.38. The Hall–Kier alpha value is -1.05. The quantitative estimate of drug-likeness (QED) is 0.837. The van der Waals surface area contributed by atoms with Gasteiger partial charge in [0, 0.05) is 12.2 Å². The summed E-state index contributed by atoms with van der Waals surface area (Å²) < 4.78 is 0. The molecule has 2 rings (SSSR count). The van der Waals surface area contributed by atoms with Crippen molar-refractivity contribution < 1.29 is 0 Å². The monoisotopic (exact) mass is 218 g/mol. The summed E-state index contributed by atoms with van der Waals surface area (Å²) in [4.78, 5) is 4.45. The van der Waals surface area contributed by atoms with Crippen molar-refractivity contribution in [2.24, 2.45) is 17.8 Å². The van der Waals surface area contributed by atoms with E-state index >= 15 is 0 Å². The van der Waals surface area contributed by atoms with Crippen LogP contribution in [0.15, 0.2) is 18.2 Å². The second kappa shape index (κ2) is 4.86. The van der Waals surface area contributed by atoms with Crippen LogP contribution in [-0.4, -0.2) is 11.5 Å².